The van der Waals surface area contributed by atoms with Gasteiger partial charge in [0.25, 0.3) is 5.91 Å². The number of aromatic nitrogens is 3. The van der Waals surface area contributed by atoms with E-state index in [4.69, 9.17) is 11.6 Å². The summed E-state index contributed by atoms with van der Waals surface area (Å²) in [5.74, 6) is -0.0371. The van der Waals surface area contributed by atoms with Crippen LogP contribution in [0.25, 0.3) is 10.9 Å². The van der Waals surface area contributed by atoms with Crippen molar-refractivity contribution in [3.8, 4) is 0 Å². The van der Waals surface area contributed by atoms with Crippen molar-refractivity contribution in [2.75, 3.05) is 0 Å². The van der Waals surface area contributed by atoms with Gasteiger partial charge in [0.1, 0.15) is 0 Å². The minimum Gasteiger partial charge on any atom is -0.331 e. The van der Waals surface area contributed by atoms with E-state index >= 15 is 0 Å². The number of fused-ring (bicyclic) bond motifs is 1. The number of carbonyl (C=O) groups is 1. The summed E-state index contributed by atoms with van der Waals surface area (Å²) in [6.07, 6.45) is 7.53. The highest BCUT2D eigenvalue weighted by Crippen LogP contribution is 2.33. The van der Waals surface area contributed by atoms with Crippen LogP contribution in [-0.2, 0) is 13.6 Å². The highest BCUT2D eigenvalue weighted by atomic mass is 35.5. The van der Waals surface area contributed by atoms with Crippen LogP contribution in [0.3, 0.4) is 0 Å². The fraction of sp³-hybridized carbons (Fsp3) is 0.278. The van der Waals surface area contributed by atoms with E-state index < -0.39 is 0 Å². The number of carbonyl (C=O) groups excluding carboxylic acids is 1. The molecule has 0 aliphatic heterocycles. The maximum atomic E-state index is 13.3. The maximum Gasteiger partial charge on any atom is 0.256 e. The molecule has 0 saturated heterocycles. The first-order valence-corrected chi connectivity index (χ1v) is 8.33. The first-order chi connectivity index (χ1) is 11.6. The van der Waals surface area contributed by atoms with Crippen molar-refractivity contribution < 1.29 is 4.79 Å². The van der Waals surface area contributed by atoms with Crippen molar-refractivity contribution in [1.29, 1.82) is 0 Å². The summed E-state index contributed by atoms with van der Waals surface area (Å²) in [5, 5.41) is 5.46. The van der Waals surface area contributed by atoms with Crippen LogP contribution in [0.2, 0.25) is 5.02 Å². The number of rotatable bonds is 4. The first kappa shape index (κ1) is 15.1. The number of amides is 1. The van der Waals surface area contributed by atoms with E-state index in [-0.39, 0.29) is 11.9 Å². The molecule has 2 heterocycles. The van der Waals surface area contributed by atoms with Crippen molar-refractivity contribution in [3.05, 3.63) is 59.0 Å². The van der Waals surface area contributed by atoms with E-state index in [1.807, 2.05) is 36.3 Å². The van der Waals surface area contributed by atoms with Gasteiger partial charge in [0.2, 0.25) is 0 Å². The monoisotopic (exact) mass is 340 g/mol. The molecule has 1 amide bonds. The first-order valence-electron chi connectivity index (χ1n) is 7.95. The third-order valence-electron chi connectivity index (χ3n) is 4.31. The maximum absolute atomic E-state index is 13.3. The molecule has 0 spiro atoms. The van der Waals surface area contributed by atoms with Gasteiger partial charge in [-0.2, -0.15) is 5.10 Å². The van der Waals surface area contributed by atoms with E-state index in [1.165, 1.54) is 0 Å². The Labute approximate surface area is 144 Å². The summed E-state index contributed by atoms with van der Waals surface area (Å²) >= 11 is 6.38. The predicted molar refractivity (Wildman–Crippen MR) is 92.9 cm³/mol. The minimum absolute atomic E-state index is 0.0371. The number of benzene rings is 1. The molecule has 5 nitrogen and oxygen atoms in total. The molecule has 1 aliphatic carbocycles. The molecule has 24 heavy (non-hydrogen) atoms. The van der Waals surface area contributed by atoms with Crippen LogP contribution in [0.5, 0.6) is 0 Å². The molecule has 0 radical (unpaired) electrons. The van der Waals surface area contributed by atoms with Crippen molar-refractivity contribution in [2.45, 2.75) is 25.4 Å². The molecule has 1 aliphatic rings. The van der Waals surface area contributed by atoms with Crippen LogP contribution in [-0.4, -0.2) is 31.6 Å². The normalized spacial score (nSPS) is 14.1. The molecule has 2 aromatic heterocycles. The van der Waals surface area contributed by atoms with Gasteiger partial charge in [0.05, 0.1) is 22.3 Å². The van der Waals surface area contributed by atoms with Gasteiger partial charge in [-0.25, -0.2) is 0 Å². The van der Waals surface area contributed by atoms with E-state index in [9.17, 15) is 4.79 Å². The van der Waals surface area contributed by atoms with Crippen LogP contribution in [0.1, 0.15) is 28.8 Å². The van der Waals surface area contributed by atoms with E-state index in [0.717, 1.165) is 29.3 Å². The lowest BCUT2D eigenvalue weighted by molar-refractivity contribution is 0.0732. The summed E-state index contributed by atoms with van der Waals surface area (Å²) in [7, 11) is 1.88. The van der Waals surface area contributed by atoms with Gasteiger partial charge in [-0.1, -0.05) is 17.7 Å². The lowest BCUT2D eigenvalue weighted by Crippen LogP contribution is -2.32. The number of hydrogen-bond donors (Lipinski definition) is 0. The number of aryl methyl sites for hydroxylation is 1. The summed E-state index contributed by atoms with van der Waals surface area (Å²) < 4.78 is 1.75. The Morgan fingerprint density at radius 1 is 1.38 bits per heavy atom. The lowest BCUT2D eigenvalue weighted by atomic mass is 10.1. The van der Waals surface area contributed by atoms with Crippen molar-refractivity contribution >= 4 is 28.4 Å². The van der Waals surface area contributed by atoms with Crippen molar-refractivity contribution in [1.82, 2.24) is 19.7 Å². The summed E-state index contributed by atoms with van der Waals surface area (Å²) in [6.45, 7) is 0.546. The van der Waals surface area contributed by atoms with Gasteiger partial charge in [-0.3, -0.25) is 14.5 Å². The highest BCUT2D eigenvalue weighted by molar-refractivity contribution is 6.35. The summed E-state index contributed by atoms with van der Waals surface area (Å²) in [6, 6.07) is 7.60. The van der Waals surface area contributed by atoms with Gasteiger partial charge in [-0.05, 0) is 31.0 Å². The SMILES string of the molecule is Cn1cc(CN(C(=O)c2c(Cl)ccc3ncccc23)C2CC2)cn1. The number of nitrogens with zero attached hydrogens (tertiary/aromatic N) is 4. The topological polar surface area (TPSA) is 51.0 Å². The largest absolute Gasteiger partial charge is 0.331 e. The van der Waals surface area contributed by atoms with Crippen molar-refractivity contribution in [3.63, 3.8) is 0 Å². The van der Waals surface area contributed by atoms with Gasteiger partial charge in [-0.15, -0.1) is 0 Å². The van der Waals surface area contributed by atoms with Gasteiger partial charge < -0.3 is 4.90 Å². The van der Waals surface area contributed by atoms with Crippen LogP contribution in [0.4, 0.5) is 0 Å². The second kappa shape index (κ2) is 5.91. The molecule has 1 saturated carbocycles. The Kier molecular flexibility index (Phi) is 3.73. The molecule has 0 unspecified atom stereocenters. The zero-order valence-electron chi connectivity index (χ0n) is 13.3. The number of halogens is 1. The average molecular weight is 341 g/mol. The Morgan fingerprint density at radius 2 is 2.21 bits per heavy atom. The lowest BCUT2D eigenvalue weighted by Gasteiger charge is -2.23. The smallest absolute Gasteiger partial charge is 0.256 e. The van der Waals surface area contributed by atoms with Crippen molar-refractivity contribution in [2.24, 2.45) is 7.05 Å². The molecule has 3 aromatic rings. The standard InChI is InChI=1S/C18H17ClN4O/c1-22-10-12(9-21-22)11-23(13-4-5-13)18(24)17-14-3-2-8-20-16(14)7-6-15(17)19/h2-3,6-10,13H,4-5,11H2,1H3. The minimum atomic E-state index is -0.0371. The zero-order chi connectivity index (χ0) is 16.7. The Morgan fingerprint density at radius 3 is 2.92 bits per heavy atom. The molecule has 1 aromatic carbocycles. The van der Waals surface area contributed by atoms with E-state index in [0.29, 0.717) is 17.1 Å². The van der Waals surface area contributed by atoms with Crippen LogP contribution < -0.4 is 0 Å². The second-order valence-corrected chi connectivity index (χ2v) is 6.59. The quantitative estimate of drug-likeness (QED) is 0.731. The Balaban J connectivity index is 1.74. The third kappa shape index (κ3) is 2.76. The highest BCUT2D eigenvalue weighted by Gasteiger charge is 2.34. The van der Waals surface area contributed by atoms with Crippen LogP contribution >= 0.6 is 11.6 Å². The zero-order valence-corrected chi connectivity index (χ0v) is 14.1. The molecule has 0 bridgehead atoms. The summed E-state index contributed by atoms with van der Waals surface area (Å²) in [5.41, 5.74) is 2.34. The van der Waals surface area contributed by atoms with E-state index in [2.05, 4.69) is 10.1 Å². The second-order valence-electron chi connectivity index (χ2n) is 6.18. The molecule has 4 rings (SSSR count). The predicted octanol–water partition coefficient (Wildman–Crippen LogP) is 3.43. The Hall–Kier alpha value is -2.40. The fourth-order valence-corrected chi connectivity index (χ4v) is 3.24. The van der Waals surface area contributed by atoms with Gasteiger partial charge >= 0.3 is 0 Å². The molecule has 0 atom stereocenters. The molecule has 122 valence electrons. The fourth-order valence-electron chi connectivity index (χ4n) is 2.99. The molecule has 0 N–H and O–H groups in total. The molecule has 6 heteroatoms. The summed E-state index contributed by atoms with van der Waals surface area (Å²) in [4.78, 5) is 19.5. The molecular weight excluding hydrogens is 324 g/mol. The van der Waals surface area contributed by atoms with Crippen LogP contribution in [0, 0.1) is 0 Å². The van der Waals surface area contributed by atoms with E-state index in [1.54, 1.807) is 23.1 Å². The van der Waals surface area contributed by atoms with Crippen LogP contribution in [0.15, 0.2) is 42.9 Å². The number of pyridine rings is 1. The number of hydrogen-bond acceptors (Lipinski definition) is 3. The molecular formula is C18H17ClN4O. The Bertz CT molecular complexity index is 916. The van der Waals surface area contributed by atoms with Gasteiger partial charge in [0, 0.05) is 43.0 Å². The third-order valence-corrected chi connectivity index (χ3v) is 4.62. The van der Waals surface area contributed by atoms with Gasteiger partial charge in [0.15, 0.2) is 0 Å². The average Bonchev–Trinajstić information content (AvgIpc) is 3.34. The molecule has 1 fully saturated rings.